The molecule has 0 spiro atoms. The van der Waals surface area contributed by atoms with Gasteiger partial charge in [-0.1, -0.05) is 0 Å². The van der Waals surface area contributed by atoms with Crippen LogP contribution in [0.4, 0.5) is 10.1 Å². The molecule has 1 atom stereocenters. The lowest BCUT2D eigenvalue weighted by molar-refractivity contribution is 0.157. The topological polar surface area (TPSA) is 87.3 Å². The Kier molecular flexibility index (Phi) is 4.58. The predicted octanol–water partition coefficient (Wildman–Crippen LogP) is 3.15. The van der Waals surface area contributed by atoms with E-state index in [0.29, 0.717) is 23.6 Å². The Balaban J connectivity index is 1.98. The van der Waals surface area contributed by atoms with Crippen LogP contribution in [0.15, 0.2) is 30.3 Å². The van der Waals surface area contributed by atoms with Crippen molar-refractivity contribution in [2.24, 2.45) is 0 Å². The molecule has 1 unspecified atom stereocenters. The molecule has 0 fully saturated rings. The average Bonchev–Trinajstić information content (AvgIpc) is 2.67. The summed E-state index contributed by atoms with van der Waals surface area (Å²) in [6, 6.07) is 11.0. The number of benzene rings is 2. The van der Waals surface area contributed by atoms with Gasteiger partial charge in [0.2, 0.25) is 11.5 Å². The molecule has 25 heavy (non-hydrogen) atoms. The summed E-state index contributed by atoms with van der Waals surface area (Å²) >= 11 is 0. The summed E-state index contributed by atoms with van der Waals surface area (Å²) in [6.45, 7) is 0.518. The maximum absolute atomic E-state index is 14.8. The van der Waals surface area contributed by atoms with Gasteiger partial charge in [0.05, 0.1) is 24.8 Å². The lowest BCUT2D eigenvalue weighted by Crippen LogP contribution is -2.19. The molecule has 0 bridgehead atoms. The second-order valence-electron chi connectivity index (χ2n) is 5.23. The molecule has 0 aliphatic carbocycles. The zero-order chi connectivity index (χ0) is 17.8. The standard InChI is InChI=1S/C18H14FN3O3/c1-23-15-8-13(16(19)18-17(15)24-6-7-25-18)14(10-21)22-12-4-2-11(9-20)3-5-12/h2-5,8,14,22H,6-7H2,1H3. The molecule has 0 saturated carbocycles. The maximum atomic E-state index is 14.8. The van der Waals surface area contributed by atoms with Gasteiger partial charge in [-0.2, -0.15) is 10.5 Å². The van der Waals surface area contributed by atoms with Gasteiger partial charge in [-0.15, -0.1) is 0 Å². The number of hydrogen-bond donors (Lipinski definition) is 1. The second kappa shape index (κ2) is 6.98. The summed E-state index contributed by atoms with van der Waals surface area (Å²) in [5.41, 5.74) is 1.16. The molecule has 1 aliphatic heterocycles. The van der Waals surface area contributed by atoms with Crippen LogP contribution in [0.25, 0.3) is 0 Å². The minimum Gasteiger partial charge on any atom is -0.493 e. The third-order valence-electron chi connectivity index (χ3n) is 3.73. The van der Waals surface area contributed by atoms with Gasteiger partial charge in [0.1, 0.15) is 19.3 Å². The number of anilines is 1. The lowest BCUT2D eigenvalue weighted by atomic mass is 10.0. The van der Waals surface area contributed by atoms with E-state index in [0.717, 1.165) is 0 Å². The minimum absolute atomic E-state index is 0.0533. The Labute approximate surface area is 144 Å². The highest BCUT2D eigenvalue weighted by atomic mass is 19.1. The molecular formula is C18H14FN3O3. The maximum Gasteiger partial charge on any atom is 0.206 e. The zero-order valence-electron chi connectivity index (χ0n) is 13.4. The number of hydrogen-bond acceptors (Lipinski definition) is 6. The molecule has 0 aromatic heterocycles. The van der Waals surface area contributed by atoms with Crippen molar-refractivity contribution in [3.8, 4) is 29.4 Å². The summed E-state index contributed by atoms with van der Waals surface area (Å²) in [5.74, 6) is -0.219. The minimum atomic E-state index is -0.974. The van der Waals surface area contributed by atoms with E-state index in [4.69, 9.17) is 19.5 Å². The van der Waals surface area contributed by atoms with E-state index in [9.17, 15) is 9.65 Å². The van der Waals surface area contributed by atoms with Crippen molar-refractivity contribution in [1.82, 2.24) is 0 Å². The first-order valence-electron chi connectivity index (χ1n) is 7.50. The van der Waals surface area contributed by atoms with Crippen LogP contribution in [0.3, 0.4) is 0 Å². The van der Waals surface area contributed by atoms with Crippen LogP contribution < -0.4 is 19.5 Å². The van der Waals surface area contributed by atoms with E-state index in [2.05, 4.69) is 5.32 Å². The molecular weight excluding hydrogens is 325 g/mol. The molecule has 126 valence electrons. The third kappa shape index (κ3) is 3.13. The van der Waals surface area contributed by atoms with Gasteiger partial charge in [0.15, 0.2) is 11.6 Å². The van der Waals surface area contributed by atoms with Crippen LogP contribution in [0.2, 0.25) is 0 Å². The predicted molar refractivity (Wildman–Crippen MR) is 87.1 cm³/mol. The lowest BCUT2D eigenvalue weighted by Gasteiger charge is -2.24. The Hall–Kier alpha value is -3.45. The number of nitriles is 2. The molecule has 0 saturated heterocycles. The number of nitrogens with one attached hydrogen (secondary N) is 1. The number of methoxy groups -OCH3 is 1. The van der Waals surface area contributed by atoms with Crippen LogP contribution in [-0.4, -0.2) is 20.3 Å². The van der Waals surface area contributed by atoms with E-state index in [1.54, 1.807) is 24.3 Å². The van der Waals surface area contributed by atoms with Gasteiger partial charge in [0, 0.05) is 11.3 Å². The van der Waals surface area contributed by atoms with Crippen molar-refractivity contribution >= 4 is 5.69 Å². The highest BCUT2D eigenvalue weighted by Gasteiger charge is 2.28. The van der Waals surface area contributed by atoms with Crippen LogP contribution in [0.1, 0.15) is 17.2 Å². The van der Waals surface area contributed by atoms with E-state index in [-0.39, 0.29) is 23.7 Å². The van der Waals surface area contributed by atoms with Gasteiger partial charge in [-0.3, -0.25) is 0 Å². The quantitative estimate of drug-likeness (QED) is 0.921. The molecule has 0 amide bonds. The number of rotatable bonds is 4. The van der Waals surface area contributed by atoms with Crippen molar-refractivity contribution in [2.45, 2.75) is 6.04 Å². The molecule has 1 heterocycles. The molecule has 2 aromatic carbocycles. The first kappa shape index (κ1) is 16.4. The molecule has 0 radical (unpaired) electrons. The highest BCUT2D eigenvalue weighted by Crippen LogP contribution is 2.44. The highest BCUT2D eigenvalue weighted by molar-refractivity contribution is 5.58. The van der Waals surface area contributed by atoms with Crippen molar-refractivity contribution in [3.05, 3.63) is 47.3 Å². The van der Waals surface area contributed by atoms with Crippen molar-refractivity contribution in [2.75, 3.05) is 25.6 Å². The fourth-order valence-electron chi connectivity index (χ4n) is 2.51. The van der Waals surface area contributed by atoms with E-state index in [1.165, 1.54) is 13.2 Å². The molecule has 3 rings (SSSR count). The number of nitrogens with zero attached hydrogens (tertiary/aromatic N) is 2. The van der Waals surface area contributed by atoms with Crippen LogP contribution in [-0.2, 0) is 0 Å². The number of fused-ring (bicyclic) bond motifs is 1. The smallest absolute Gasteiger partial charge is 0.206 e. The van der Waals surface area contributed by atoms with Gasteiger partial charge in [-0.05, 0) is 30.3 Å². The molecule has 6 nitrogen and oxygen atoms in total. The van der Waals surface area contributed by atoms with Gasteiger partial charge in [-0.25, -0.2) is 4.39 Å². The van der Waals surface area contributed by atoms with Crippen molar-refractivity contribution in [1.29, 1.82) is 10.5 Å². The molecule has 1 aliphatic rings. The molecule has 7 heteroatoms. The number of ether oxygens (including phenoxy) is 3. The molecule has 2 aromatic rings. The van der Waals surface area contributed by atoms with Crippen LogP contribution in [0.5, 0.6) is 17.2 Å². The first-order chi connectivity index (χ1) is 12.2. The number of halogens is 1. The largest absolute Gasteiger partial charge is 0.493 e. The summed E-state index contributed by atoms with van der Waals surface area (Å²) in [5, 5.41) is 21.3. The van der Waals surface area contributed by atoms with E-state index < -0.39 is 11.9 Å². The van der Waals surface area contributed by atoms with E-state index in [1.807, 2.05) is 12.1 Å². The Morgan fingerprint density at radius 3 is 2.44 bits per heavy atom. The third-order valence-corrected chi connectivity index (χ3v) is 3.73. The van der Waals surface area contributed by atoms with Crippen LogP contribution >= 0.6 is 0 Å². The Morgan fingerprint density at radius 2 is 1.84 bits per heavy atom. The second-order valence-corrected chi connectivity index (χ2v) is 5.23. The Bertz CT molecular complexity index is 869. The van der Waals surface area contributed by atoms with Gasteiger partial charge in [0.25, 0.3) is 0 Å². The summed E-state index contributed by atoms with van der Waals surface area (Å²) in [4.78, 5) is 0. The first-order valence-corrected chi connectivity index (χ1v) is 7.50. The summed E-state index contributed by atoms with van der Waals surface area (Å²) < 4.78 is 30.8. The van der Waals surface area contributed by atoms with Gasteiger partial charge >= 0.3 is 0 Å². The fraction of sp³-hybridized carbons (Fsp3) is 0.222. The average molecular weight is 339 g/mol. The van der Waals surface area contributed by atoms with Crippen molar-refractivity contribution < 1.29 is 18.6 Å². The van der Waals surface area contributed by atoms with Crippen LogP contribution in [0, 0.1) is 28.5 Å². The summed E-state index contributed by atoms with van der Waals surface area (Å²) in [6.07, 6.45) is 0. The zero-order valence-corrected chi connectivity index (χ0v) is 13.4. The fourth-order valence-corrected chi connectivity index (χ4v) is 2.51. The normalized spacial score (nSPS) is 13.3. The van der Waals surface area contributed by atoms with E-state index >= 15 is 0 Å². The van der Waals surface area contributed by atoms with Gasteiger partial charge < -0.3 is 19.5 Å². The Morgan fingerprint density at radius 1 is 1.16 bits per heavy atom. The SMILES string of the molecule is COc1cc(C(C#N)Nc2ccc(C#N)cc2)c(F)c2c1OCCO2. The van der Waals surface area contributed by atoms with Crippen molar-refractivity contribution in [3.63, 3.8) is 0 Å². The molecule has 1 N–H and O–H groups in total. The summed E-state index contributed by atoms with van der Waals surface area (Å²) in [7, 11) is 1.44. The monoisotopic (exact) mass is 339 g/mol.